The number of carboxylic acid groups (broad SMARTS) is 1. The van der Waals surface area contributed by atoms with Crippen LogP contribution >= 0.6 is 0 Å². The van der Waals surface area contributed by atoms with Crippen LogP contribution in [0.25, 0.3) is 0 Å². The van der Waals surface area contributed by atoms with Gasteiger partial charge >= 0.3 is 6.09 Å². The highest BCUT2D eigenvalue weighted by atomic mass is 19.1. The average Bonchev–Trinajstić information content (AvgIpc) is 3.12. The molecule has 0 saturated carbocycles. The number of rotatable bonds is 6. The summed E-state index contributed by atoms with van der Waals surface area (Å²) in [4.78, 5) is 12.7. The number of carbonyl (C=O) groups is 1. The lowest BCUT2D eigenvalue weighted by Crippen LogP contribution is -2.35. The summed E-state index contributed by atoms with van der Waals surface area (Å²) in [5.74, 6) is 0.934. The first-order valence-electron chi connectivity index (χ1n) is 8.55. The van der Waals surface area contributed by atoms with Crippen LogP contribution in [0, 0.1) is 5.82 Å². The van der Waals surface area contributed by atoms with Gasteiger partial charge in [0.25, 0.3) is 0 Å². The molecule has 1 heterocycles. The molecule has 2 aromatic rings. The summed E-state index contributed by atoms with van der Waals surface area (Å²) >= 11 is 0. The van der Waals surface area contributed by atoms with Crippen LogP contribution in [0.15, 0.2) is 42.5 Å². The Labute approximate surface area is 157 Å². The summed E-state index contributed by atoms with van der Waals surface area (Å²) in [5.41, 5.74) is 0.756. The van der Waals surface area contributed by atoms with Crippen molar-refractivity contribution < 1.29 is 28.5 Å². The van der Waals surface area contributed by atoms with Gasteiger partial charge in [0.05, 0.1) is 27.4 Å². The summed E-state index contributed by atoms with van der Waals surface area (Å²) in [5, 5.41) is 9.34. The molecule has 0 spiro atoms. The zero-order valence-electron chi connectivity index (χ0n) is 15.3. The quantitative estimate of drug-likeness (QED) is 0.835. The molecule has 0 aromatic heterocycles. The molecule has 1 fully saturated rings. The Kier molecular flexibility index (Phi) is 5.51. The van der Waals surface area contributed by atoms with Crippen LogP contribution in [0.2, 0.25) is 0 Å². The third-order valence-corrected chi connectivity index (χ3v) is 4.80. The van der Waals surface area contributed by atoms with Crippen molar-refractivity contribution in [2.45, 2.75) is 18.6 Å². The van der Waals surface area contributed by atoms with E-state index in [1.807, 2.05) is 12.1 Å². The highest BCUT2D eigenvalue weighted by molar-refractivity contribution is 5.65. The fourth-order valence-electron chi connectivity index (χ4n) is 3.31. The van der Waals surface area contributed by atoms with Gasteiger partial charge in [-0.05, 0) is 35.4 Å². The normalized spacial score (nSPS) is 19.1. The van der Waals surface area contributed by atoms with Crippen LogP contribution in [0.5, 0.6) is 11.5 Å². The lowest BCUT2D eigenvalue weighted by molar-refractivity contribution is -0.0529. The molecule has 1 aliphatic heterocycles. The molecule has 2 aromatic carbocycles. The molecule has 3 rings (SSSR count). The second kappa shape index (κ2) is 7.84. The van der Waals surface area contributed by atoms with E-state index in [4.69, 9.17) is 14.2 Å². The average molecular weight is 375 g/mol. The minimum absolute atomic E-state index is 0.190. The third kappa shape index (κ3) is 4.14. The predicted molar refractivity (Wildman–Crippen MR) is 96.6 cm³/mol. The van der Waals surface area contributed by atoms with E-state index in [0.717, 1.165) is 11.1 Å². The number of halogens is 1. The summed E-state index contributed by atoms with van der Waals surface area (Å²) in [7, 11) is 3.14. The van der Waals surface area contributed by atoms with Crippen molar-refractivity contribution >= 4 is 6.09 Å². The van der Waals surface area contributed by atoms with Gasteiger partial charge in [-0.2, -0.15) is 0 Å². The van der Waals surface area contributed by atoms with Crippen LogP contribution in [-0.2, 0) is 16.9 Å². The molecule has 7 heteroatoms. The fourth-order valence-corrected chi connectivity index (χ4v) is 3.31. The molecular weight excluding hydrogens is 353 g/mol. The SMILES string of the molecule is COc1cc(COC2(c3ccc(F)cc3)CCN(C(=O)O)C2)cc(OC)c1. The van der Waals surface area contributed by atoms with E-state index in [1.54, 1.807) is 32.4 Å². The molecule has 0 bridgehead atoms. The van der Waals surface area contributed by atoms with Crippen LogP contribution in [0.1, 0.15) is 17.5 Å². The van der Waals surface area contributed by atoms with Gasteiger partial charge < -0.3 is 24.2 Å². The summed E-state index contributed by atoms with van der Waals surface area (Å²) in [6.45, 7) is 0.779. The molecule has 6 nitrogen and oxygen atoms in total. The Morgan fingerprint density at radius 2 is 1.78 bits per heavy atom. The van der Waals surface area contributed by atoms with Gasteiger partial charge in [0.15, 0.2) is 0 Å². The Morgan fingerprint density at radius 1 is 1.15 bits per heavy atom. The standard InChI is InChI=1S/C20H22FNO5/c1-25-17-9-14(10-18(11-17)26-2)12-27-20(7-8-22(13-20)19(23)24)15-3-5-16(21)6-4-15/h3-6,9-11H,7-8,12-13H2,1-2H3,(H,23,24). The van der Waals surface area contributed by atoms with Gasteiger partial charge in [0, 0.05) is 19.0 Å². The molecule has 27 heavy (non-hydrogen) atoms. The van der Waals surface area contributed by atoms with Crippen LogP contribution in [-0.4, -0.2) is 43.4 Å². The maximum atomic E-state index is 13.3. The number of benzene rings is 2. The van der Waals surface area contributed by atoms with Crippen molar-refractivity contribution in [3.8, 4) is 11.5 Å². The van der Waals surface area contributed by atoms with Gasteiger partial charge in [-0.15, -0.1) is 0 Å². The predicted octanol–water partition coefficient (Wildman–Crippen LogP) is 3.64. The van der Waals surface area contributed by atoms with Crippen LogP contribution in [0.4, 0.5) is 9.18 Å². The Hall–Kier alpha value is -2.80. The van der Waals surface area contributed by atoms with Crippen molar-refractivity contribution in [3.63, 3.8) is 0 Å². The molecule has 0 aliphatic carbocycles. The fraction of sp³-hybridized carbons (Fsp3) is 0.350. The van der Waals surface area contributed by atoms with Gasteiger partial charge in [-0.3, -0.25) is 0 Å². The number of hydrogen-bond donors (Lipinski definition) is 1. The van der Waals surface area contributed by atoms with E-state index in [-0.39, 0.29) is 19.0 Å². The Bertz CT molecular complexity index is 788. The number of methoxy groups -OCH3 is 2. The van der Waals surface area contributed by atoms with Crippen molar-refractivity contribution in [2.24, 2.45) is 0 Å². The first kappa shape index (κ1) is 19.0. The van der Waals surface area contributed by atoms with Crippen molar-refractivity contribution in [1.82, 2.24) is 4.90 Å². The van der Waals surface area contributed by atoms with Crippen molar-refractivity contribution in [3.05, 3.63) is 59.4 Å². The molecule has 0 radical (unpaired) electrons. The van der Waals surface area contributed by atoms with Crippen LogP contribution < -0.4 is 9.47 Å². The van der Waals surface area contributed by atoms with E-state index in [0.29, 0.717) is 24.5 Å². The number of ether oxygens (including phenoxy) is 3. The van der Waals surface area contributed by atoms with E-state index in [9.17, 15) is 14.3 Å². The number of likely N-dealkylation sites (tertiary alicyclic amines) is 1. The minimum Gasteiger partial charge on any atom is -0.497 e. The van der Waals surface area contributed by atoms with Crippen molar-refractivity contribution in [1.29, 1.82) is 0 Å². The molecule has 1 unspecified atom stereocenters. The number of amides is 1. The summed E-state index contributed by atoms with van der Waals surface area (Å²) < 4.78 is 30.1. The third-order valence-electron chi connectivity index (χ3n) is 4.80. The van der Waals surface area contributed by atoms with Gasteiger partial charge in [-0.25, -0.2) is 9.18 Å². The highest BCUT2D eigenvalue weighted by Crippen LogP contribution is 2.37. The van der Waals surface area contributed by atoms with Gasteiger partial charge in [0.2, 0.25) is 0 Å². The minimum atomic E-state index is -0.995. The summed E-state index contributed by atoms with van der Waals surface area (Å²) in [6, 6.07) is 11.5. The Balaban J connectivity index is 1.87. The largest absolute Gasteiger partial charge is 0.497 e. The molecule has 1 saturated heterocycles. The monoisotopic (exact) mass is 375 g/mol. The smallest absolute Gasteiger partial charge is 0.407 e. The zero-order valence-corrected chi connectivity index (χ0v) is 15.3. The maximum Gasteiger partial charge on any atom is 0.407 e. The Morgan fingerprint density at radius 3 is 2.30 bits per heavy atom. The van der Waals surface area contributed by atoms with E-state index < -0.39 is 11.7 Å². The molecule has 1 aliphatic rings. The van der Waals surface area contributed by atoms with Crippen LogP contribution in [0.3, 0.4) is 0 Å². The molecule has 1 atom stereocenters. The topological polar surface area (TPSA) is 68.2 Å². The lowest BCUT2D eigenvalue weighted by atomic mass is 9.92. The molecule has 1 N–H and O–H groups in total. The van der Waals surface area contributed by atoms with E-state index >= 15 is 0 Å². The van der Waals surface area contributed by atoms with E-state index in [2.05, 4.69) is 0 Å². The van der Waals surface area contributed by atoms with Gasteiger partial charge in [-0.1, -0.05) is 12.1 Å². The number of nitrogens with zero attached hydrogens (tertiary/aromatic N) is 1. The van der Waals surface area contributed by atoms with E-state index in [1.165, 1.54) is 17.0 Å². The second-order valence-corrected chi connectivity index (χ2v) is 6.46. The molecular formula is C20H22FNO5. The number of hydrogen-bond acceptors (Lipinski definition) is 4. The zero-order chi connectivity index (χ0) is 19.4. The first-order chi connectivity index (χ1) is 13.0. The highest BCUT2D eigenvalue weighted by Gasteiger charge is 2.42. The second-order valence-electron chi connectivity index (χ2n) is 6.46. The van der Waals surface area contributed by atoms with Gasteiger partial charge in [0.1, 0.15) is 22.9 Å². The molecule has 1 amide bonds. The molecule has 144 valence electrons. The maximum absolute atomic E-state index is 13.3. The van der Waals surface area contributed by atoms with Crippen molar-refractivity contribution in [2.75, 3.05) is 27.3 Å². The lowest BCUT2D eigenvalue weighted by Gasteiger charge is -2.30. The first-order valence-corrected chi connectivity index (χ1v) is 8.55. The summed E-state index contributed by atoms with van der Waals surface area (Å²) in [6.07, 6.45) is -0.503.